The molecule has 3 heterocycles. The molecule has 2 unspecified atom stereocenters. The second kappa shape index (κ2) is 9.03. The highest BCUT2D eigenvalue weighted by Gasteiger charge is 2.39. The second-order valence-corrected chi connectivity index (χ2v) is 6.48. The first-order chi connectivity index (χ1) is 9.72. The van der Waals surface area contributed by atoms with E-state index in [0.717, 1.165) is 45.6 Å². The maximum Gasteiger partial charge on any atom is 0.307 e. The third kappa shape index (κ3) is 4.80. The van der Waals surface area contributed by atoms with E-state index in [9.17, 15) is 4.79 Å². The summed E-state index contributed by atoms with van der Waals surface area (Å²) >= 11 is 0. The summed E-state index contributed by atoms with van der Waals surface area (Å²) in [6.45, 7) is 5.01. The number of nitrogens with one attached hydrogen (secondary N) is 1. The number of rotatable bonds is 4. The van der Waals surface area contributed by atoms with Gasteiger partial charge in [-0.25, -0.2) is 0 Å². The Balaban J connectivity index is 0.00000121. The van der Waals surface area contributed by atoms with E-state index in [4.69, 9.17) is 4.74 Å². The molecule has 0 radical (unpaired) electrons. The quantitative estimate of drug-likeness (QED) is 0.734. The van der Waals surface area contributed by atoms with Gasteiger partial charge < -0.3 is 25.3 Å². The monoisotopic (exact) mass is 335 g/mol. The number of halogens is 1. The number of hydrogen-bond donors (Lipinski definition) is 1. The summed E-state index contributed by atoms with van der Waals surface area (Å²) in [7, 11) is 2.21. The van der Waals surface area contributed by atoms with Crippen molar-refractivity contribution in [3.8, 4) is 0 Å². The number of esters is 1. The minimum Gasteiger partial charge on any atom is -0.462 e. The molecule has 22 heavy (non-hydrogen) atoms. The molecular weight excluding hydrogens is 306 g/mol. The smallest absolute Gasteiger partial charge is 0.307 e. The highest BCUT2D eigenvalue weighted by Crippen LogP contribution is 2.35. The molecule has 0 aromatic rings. The van der Waals surface area contributed by atoms with Gasteiger partial charge in [0.15, 0.2) is 0 Å². The van der Waals surface area contributed by atoms with Crippen LogP contribution in [0.5, 0.6) is 0 Å². The third-order valence-corrected chi connectivity index (χ3v) is 5.19. The van der Waals surface area contributed by atoms with Gasteiger partial charge >= 0.3 is 5.97 Å². The largest absolute Gasteiger partial charge is 0.462 e. The van der Waals surface area contributed by atoms with Crippen molar-refractivity contribution in [3.63, 3.8) is 0 Å². The molecule has 0 aliphatic carbocycles. The van der Waals surface area contributed by atoms with Crippen molar-refractivity contribution < 1.29 is 15.0 Å². The van der Waals surface area contributed by atoms with Gasteiger partial charge in [0.25, 0.3) is 0 Å². The molecule has 3 N–H and O–H groups in total. The Morgan fingerprint density at radius 1 is 1.18 bits per heavy atom. The predicted octanol–water partition coefficient (Wildman–Crippen LogP) is 0.0472. The molecule has 3 aliphatic rings. The molecule has 0 spiro atoms. The SMILES string of the molecule is CN1C2CCC1CC(OC(=O)CCN1CCNCC1)C2.Cl.O. The van der Waals surface area contributed by atoms with Crippen molar-refractivity contribution in [1.82, 2.24) is 15.1 Å². The van der Waals surface area contributed by atoms with Crippen LogP contribution in [0.15, 0.2) is 0 Å². The Labute approximate surface area is 139 Å². The summed E-state index contributed by atoms with van der Waals surface area (Å²) in [5, 5.41) is 3.33. The lowest BCUT2D eigenvalue weighted by Gasteiger charge is -2.36. The van der Waals surface area contributed by atoms with Crippen LogP contribution in [0.3, 0.4) is 0 Å². The summed E-state index contributed by atoms with van der Waals surface area (Å²) in [6.07, 6.45) is 5.33. The van der Waals surface area contributed by atoms with E-state index in [2.05, 4.69) is 22.2 Å². The topological polar surface area (TPSA) is 76.3 Å². The summed E-state index contributed by atoms with van der Waals surface area (Å²) < 4.78 is 5.70. The summed E-state index contributed by atoms with van der Waals surface area (Å²) in [6, 6.07) is 1.28. The molecule has 3 aliphatic heterocycles. The van der Waals surface area contributed by atoms with E-state index in [-0.39, 0.29) is 30.0 Å². The molecule has 3 rings (SSSR count). The lowest BCUT2D eigenvalue weighted by Crippen LogP contribution is -2.45. The van der Waals surface area contributed by atoms with Crippen LogP contribution in [0, 0.1) is 0 Å². The van der Waals surface area contributed by atoms with E-state index >= 15 is 0 Å². The van der Waals surface area contributed by atoms with Crippen LogP contribution >= 0.6 is 12.4 Å². The van der Waals surface area contributed by atoms with Gasteiger partial charge in [-0.05, 0) is 32.7 Å². The van der Waals surface area contributed by atoms with Crippen LogP contribution in [-0.4, -0.2) is 79.2 Å². The number of carbonyl (C=O) groups is 1. The number of hydrogen-bond acceptors (Lipinski definition) is 5. The van der Waals surface area contributed by atoms with Crippen LogP contribution in [0.1, 0.15) is 32.1 Å². The number of piperazine rings is 1. The lowest BCUT2D eigenvalue weighted by molar-refractivity contribution is -0.152. The van der Waals surface area contributed by atoms with E-state index in [1.54, 1.807) is 0 Å². The summed E-state index contributed by atoms with van der Waals surface area (Å²) in [4.78, 5) is 16.8. The van der Waals surface area contributed by atoms with Crippen molar-refractivity contribution in [2.75, 3.05) is 39.8 Å². The van der Waals surface area contributed by atoms with Crippen molar-refractivity contribution >= 4 is 18.4 Å². The third-order valence-electron chi connectivity index (χ3n) is 5.19. The van der Waals surface area contributed by atoms with Gasteiger partial charge in [0, 0.05) is 44.8 Å². The zero-order chi connectivity index (χ0) is 13.9. The minimum absolute atomic E-state index is 0. The maximum atomic E-state index is 12.0. The van der Waals surface area contributed by atoms with Gasteiger partial charge in [-0.15, -0.1) is 12.4 Å². The average molecular weight is 336 g/mol. The normalized spacial score (nSPS) is 32.0. The number of nitrogens with zero attached hydrogens (tertiary/aromatic N) is 2. The molecule has 0 aromatic heterocycles. The van der Waals surface area contributed by atoms with Crippen LogP contribution in [0.2, 0.25) is 0 Å². The summed E-state index contributed by atoms with van der Waals surface area (Å²) in [5.41, 5.74) is 0. The predicted molar refractivity (Wildman–Crippen MR) is 88.5 cm³/mol. The first-order valence-electron chi connectivity index (χ1n) is 8.07. The van der Waals surface area contributed by atoms with Crippen LogP contribution in [0.25, 0.3) is 0 Å². The highest BCUT2D eigenvalue weighted by molar-refractivity contribution is 5.85. The molecule has 3 saturated heterocycles. The Morgan fingerprint density at radius 3 is 2.36 bits per heavy atom. The van der Waals surface area contributed by atoms with E-state index < -0.39 is 0 Å². The molecule has 3 fully saturated rings. The Morgan fingerprint density at radius 2 is 1.77 bits per heavy atom. The van der Waals surface area contributed by atoms with Gasteiger partial charge in [0.1, 0.15) is 6.10 Å². The molecule has 0 saturated carbocycles. The second-order valence-electron chi connectivity index (χ2n) is 6.48. The van der Waals surface area contributed by atoms with E-state index in [1.165, 1.54) is 12.8 Å². The fourth-order valence-electron chi connectivity index (χ4n) is 3.89. The molecule has 0 amide bonds. The summed E-state index contributed by atoms with van der Waals surface area (Å²) in [5.74, 6) is -0.00233. The highest BCUT2D eigenvalue weighted by atomic mass is 35.5. The van der Waals surface area contributed by atoms with Gasteiger partial charge in [-0.1, -0.05) is 0 Å². The van der Waals surface area contributed by atoms with Gasteiger partial charge in [0.05, 0.1) is 6.42 Å². The minimum atomic E-state index is -0.00233. The van der Waals surface area contributed by atoms with Gasteiger partial charge in [-0.2, -0.15) is 0 Å². The first-order valence-corrected chi connectivity index (χ1v) is 8.07. The van der Waals surface area contributed by atoms with Crippen molar-refractivity contribution in [3.05, 3.63) is 0 Å². The zero-order valence-electron chi connectivity index (χ0n) is 13.4. The zero-order valence-corrected chi connectivity index (χ0v) is 14.2. The van der Waals surface area contributed by atoms with Crippen LogP contribution in [0.4, 0.5) is 0 Å². The maximum absolute atomic E-state index is 12.0. The molecule has 7 heteroatoms. The van der Waals surface area contributed by atoms with Crippen molar-refractivity contribution in [2.45, 2.75) is 50.3 Å². The Hall–Kier alpha value is -0.400. The van der Waals surface area contributed by atoms with E-state index in [0.29, 0.717) is 18.5 Å². The number of carbonyl (C=O) groups excluding carboxylic acids is 1. The first kappa shape index (κ1) is 19.6. The Bertz CT molecular complexity index is 339. The molecular formula is C15H30ClN3O3. The lowest BCUT2D eigenvalue weighted by atomic mass is 10.0. The molecule has 2 atom stereocenters. The Kier molecular flexibility index (Phi) is 8.07. The van der Waals surface area contributed by atoms with Gasteiger partial charge in [0.2, 0.25) is 0 Å². The van der Waals surface area contributed by atoms with Crippen molar-refractivity contribution in [1.29, 1.82) is 0 Å². The standard InChI is InChI=1S/C15H27N3O2.ClH.H2O/c1-17-12-2-3-13(17)11-14(10-12)20-15(19)4-7-18-8-5-16-6-9-18;;/h12-14,16H,2-11H2,1H3;1H;1H2. The van der Waals surface area contributed by atoms with Crippen LogP contribution < -0.4 is 5.32 Å². The van der Waals surface area contributed by atoms with Crippen LogP contribution in [-0.2, 0) is 9.53 Å². The molecule has 0 aromatic carbocycles. The fourth-order valence-corrected chi connectivity index (χ4v) is 3.89. The average Bonchev–Trinajstić information content (AvgIpc) is 2.68. The number of ether oxygens (including phenoxy) is 1. The number of piperidine rings is 1. The molecule has 130 valence electrons. The fraction of sp³-hybridized carbons (Fsp3) is 0.933. The van der Waals surface area contributed by atoms with Crippen molar-refractivity contribution in [2.24, 2.45) is 0 Å². The molecule has 6 nitrogen and oxygen atoms in total. The van der Waals surface area contributed by atoms with E-state index in [1.807, 2.05) is 0 Å². The number of fused-ring (bicyclic) bond motifs is 2. The van der Waals surface area contributed by atoms with Gasteiger partial charge in [-0.3, -0.25) is 4.79 Å². The molecule has 2 bridgehead atoms.